The topological polar surface area (TPSA) is 72.3 Å². The van der Waals surface area contributed by atoms with E-state index < -0.39 is 0 Å². The van der Waals surface area contributed by atoms with Crippen LogP contribution >= 0.6 is 0 Å². The first-order valence-electron chi connectivity index (χ1n) is 9.59. The van der Waals surface area contributed by atoms with Gasteiger partial charge >= 0.3 is 0 Å². The van der Waals surface area contributed by atoms with Gasteiger partial charge in [0, 0.05) is 6.54 Å². The van der Waals surface area contributed by atoms with Gasteiger partial charge in [0.05, 0.1) is 18.7 Å². The summed E-state index contributed by atoms with van der Waals surface area (Å²) in [7, 11) is 1.66. The molecule has 1 N–H and O–H groups in total. The van der Waals surface area contributed by atoms with E-state index in [1.807, 2.05) is 42.5 Å². The lowest BCUT2D eigenvalue weighted by atomic mass is 10.0. The van der Waals surface area contributed by atoms with E-state index in [-0.39, 0.29) is 18.5 Å². The molecule has 0 aliphatic heterocycles. The number of carbonyl (C=O) groups excluding carboxylic acids is 1. The minimum Gasteiger partial charge on any atom is -0.497 e. The van der Waals surface area contributed by atoms with E-state index in [9.17, 15) is 4.79 Å². The molecule has 7 heteroatoms. The molecule has 1 heterocycles. The molecule has 148 valence electrons. The molecule has 7 nitrogen and oxygen atoms in total. The highest BCUT2D eigenvalue weighted by molar-refractivity contribution is 5.79. The van der Waals surface area contributed by atoms with Gasteiger partial charge in [-0.3, -0.25) is 9.69 Å². The van der Waals surface area contributed by atoms with Crippen molar-refractivity contribution >= 4 is 16.9 Å². The van der Waals surface area contributed by atoms with Crippen molar-refractivity contribution in [1.29, 1.82) is 0 Å². The van der Waals surface area contributed by atoms with E-state index >= 15 is 0 Å². The van der Waals surface area contributed by atoms with Crippen LogP contribution in [0.3, 0.4) is 0 Å². The average Bonchev–Trinajstić information content (AvgIpc) is 3.14. The number of amides is 1. The Morgan fingerprint density at radius 1 is 1.18 bits per heavy atom. The summed E-state index contributed by atoms with van der Waals surface area (Å²) in [6.07, 6.45) is 0. The minimum absolute atomic E-state index is 0.0709. The molecule has 0 radical (unpaired) electrons. The summed E-state index contributed by atoms with van der Waals surface area (Å²) >= 11 is 0. The highest BCUT2D eigenvalue weighted by atomic mass is 16.5. The van der Waals surface area contributed by atoms with Crippen molar-refractivity contribution in [1.82, 2.24) is 25.2 Å². The molecule has 0 bridgehead atoms. The Labute approximate surface area is 165 Å². The van der Waals surface area contributed by atoms with Crippen molar-refractivity contribution in [2.75, 3.05) is 26.7 Å². The molecule has 3 rings (SSSR count). The molecule has 0 fully saturated rings. The molecule has 1 atom stereocenters. The number of carbonyl (C=O) groups is 1. The Bertz CT molecular complexity index is 920. The van der Waals surface area contributed by atoms with E-state index in [4.69, 9.17) is 4.74 Å². The third kappa shape index (κ3) is 4.48. The fourth-order valence-electron chi connectivity index (χ4n) is 3.41. The quantitative estimate of drug-likeness (QED) is 0.617. The third-order valence-electron chi connectivity index (χ3n) is 4.94. The van der Waals surface area contributed by atoms with Crippen LogP contribution in [-0.4, -0.2) is 52.5 Å². The van der Waals surface area contributed by atoms with Gasteiger partial charge in [0.1, 0.15) is 17.8 Å². The SMILES string of the molecule is CCN(CC)C(CNC(=O)Cn1nnc2ccccc21)c1cccc(OC)c1. The first-order chi connectivity index (χ1) is 13.7. The number of para-hydroxylation sites is 1. The maximum atomic E-state index is 12.6. The van der Waals surface area contributed by atoms with Gasteiger partial charge in [-0.1, -0.05) is 43.3 Å². The molecule has 0 aliphatic carbocycles. The van der Waals surface area contributed by atoms with Gasteiger partial charge in [-0.25, -0.2) is 4.68 Å². The zero-order valence-electron chi connectivity index (χ0n) is 16.6. The standard InChI is InChI=1S/C21H27N5O2/c1-4-25(5-2)20(16-9-8-10-17(13-16)28-3)14-22-21(27)15-26-19-12-7-6-11-18(19)23-24-26/h6-13,20H,4-5,14-15H2,1-3H3,(H,22,27). The van der Waals surface area contributed by atoms with Crippen LogP contribution in [0.1, 0.15) is 25.5 Å². The van der Waals surface area contributed by atoms with Crippen LogP contribution in [0.25, 0.3) is 11.0 Å². The summed E-state index contributed by atoms with van der Waals surface area (Å²) in [5.74, 6) is 0.728. The van der Waals surface area contributed by atoms with Crippen LogP contribution in [0.15, 0.2) is 48.5 Å². The second-order valence-electron chi connectivity index (χ2n) is 6.55. The number of fused-ring (bicyclic) bond motifs is 1. The Kier molecular flexibility index (Phi) is 6.60. The summed E-state index contributed by atoms with van der Waals surface area (Å²) in [5.41, 5.74) is 2.76. The van der Waals surface area contributed by atoms with Crippen molar-refractivity contribution < 1.29 is 9.53 Å². The number of rotatable bonds is 9. The molecule has 0 aliphatic rings. The monoisotopic (exact) mass is 381 g/mol. The Balaban J connectivity index is 1.71. The van der Waals surface area contributed by atoms with Gasteiger partial charge < -0.3 is 10.1 Å². The first-order valence-corrected chi connectivity index (χ1v) is 9.59. The van der Waals surface area contributed by atoms with Gasteiger partial charge in [0.15, 0.2) is 0 Å². The minimum atomic E-state index is -0.0873. The number of methoxy groups -OCH3 is 1. The fourth-order valence-corrected chi connectivity index (χ4v) is 3.41. The van der Waals surface area contributed by atoms with Crippen molar-refractivity contribution in [2.24, 2.45) is 0 Å². The van der Waals surface area contributed by atoms with E-state index in [1.54, 1.807) is 11.8 Å². The van der Waals surface area contributed by atoms with E-state index in [1.165, 1.54) is 0 Å². The van der Waals surface area contributed by atoms with Gasteiger partial charge in [0.2, 0.25) is 5.91 Å². The molecule has 0 spiro atoms. The Morgan fingerprint density at radius 2 is 1.96 bits per heavy atom. The maximum Gasteiger partial charge on any atom is 0.241 e. The predicted molar refractivity (Wildman–Crippen MR) is 109 cm³/mol. The first kappa shape index (κ1) is 19.8. The van der Waals surface area contributed by atoms with Gasteiger partial charge in [-0.2, -0.15) is 0 Å². The molecule has 2 aromatic carbocycles. The van der Waals surface area contributed by atoms with E-state index in [0.29, 0.717) is 6.54 Å². The van der Waals surface area contributed by atoms with Gasteiger partial charge in [-0.15, -0.1) is 5.10 Å². The summed E-state index contributed by atoms with van der Waals surface area (Å²) in [6, 6.07) is 15.7. The second kappa shape index (κ2) is 9.32. The van der Waals surface area contributed by atoms with Crippen LogP contribution in [0.2, 0.25) is 0 Å². The lowest BCUT2D eigenvalue weighted by Gasteiger charge is -2.30. The summed E-state index contributed by atoms with van der Waals surface area (Å²) in [4.78, 5) is 14.9. The summed E-state index contributed by atoms with van der Waals surface area (Å²) in [5, 5.41) is 11.2. The fraction of sp³-hybridized carbons (Fsp3) is 0.381. The predicted octanol–water partition coefficient (Wildman–Crippen LogP) is 2.64. The molecule has 3 aromatic rings. The normalized spacial score (nSPS) is 12.3. The number of ether oxygens (including phenoxy) is 1. The summed E-state index contributed by atoms with van der Waals surface area (Å²) in [6.45, 7) is 6.69. The molecule has 0 saturated carbocycles. The number of likely N-dealkylation sites (N-methyl/N-ethyl adjacent to an activating group) is 1. The van der Waals surface area contributed by atoms with E-state index in [0.717, 1.165) is 35.4 Å². The largest absolute Gasteiger partial charge is 0.497 e. The maximum absolute atomic E-state index is 12.6. The van der Waals surface area contributed by atoms with Gasteiger partial charge in [0.25, 0.3) is 0 Å². The number of nitrogens with zero attached hydrogens (tertiary/aromatic N) is 4. The molecule has 1 unspecified atom stereocenters. The van der Waals surface area contributed by atoms with Crippen LogP contribution in [0.4, 0.5) is 0 Å². The number of aromatic nitrogens is 3. The average molecular weight is 381 g/mol. The molecular weight excluding hydrogens is 354 g/mol. The van der Waals surface area contributed by atoms with Crippen LogP contribution in [0, 0.1) is 0 Å². The zero-order valence-corrected chi connectivity index (χ0v) is 16.6. The van der Waals surface area contributed by atoms with E-state index in [2.05, 4.69) is 40.4 Å². The molecule has 28 heavy (non-hydrogen) atoms. The summed E-state index contributed by atoms with van der Waals surface area (Å²) < 4.78 is 6.99. The van der Waals surface area contributed by atoms with Crippen molar-refractivity contribution in [2.45, 2.75) is 26.4 Å². The molecular formula is C21H27N5O2. The zero-order chi connectivity index (χ0) is 19.9. The highest BCUT2D eigenvalue weighted by Gasteiger charge is 2.20. The third-order valence-corrected chi connectivity index (χ3v) is 4.94. The number of hydrogen-bond donors (Lipinski definition) is 1. The van der Waals surface area contributed by atoms with Crippen LogP contribution < -0.4 is 10.1 Å². The second-order valence-corrected chi connectivity index (χ2v) is 6.55. The highest BCUT2D eigenvalue weighted by Crippen LogP contribution is 2.23. The lowest BCUT2D eigenvalue weighted by Crippen LogP contribution is -2.39. The molecule has 1 aromatic heterocycles. The smallest absolute Gasteiger partial charge is 0.241 e. The molecule has 1 amide bonds. The van der Waals surface area contributed by atoms with Crippen LogP contribution in [0.5, 0.6) is 5.75 Å². The Hall–Kier alpha value is -2.93. The number of hydrogen-bond acceptors (Lipinski definition) is 5. The van der Waals surface area contributed by atoms with Gasteiger partial charge in [-0.05, 0) is 42.9 Å². The van der Waals surface area contributed by atoms with Crippen molar-refractivity contribution in [3.8, 4) is 5.75 Å². The number of nitrogens with one attached hydrogen (secondary N) is 1. The van der Waals surface area contributed by atoms with Crippen LogP contribution in [-0.2, 0) is 11.3 Å². The molecule has 0 saturated heterocycles. The number of benzene rings is 2. The Morgan fingerprint density at radius 3 is 2.71 bits per heavy atom. The van der Waals surface area contributed by atoms with Crippen molar-refractivity contribution in [3.63, 3.8) is 0 Å². The lowest BCUT2D eigenvalue weighted by molar-refractivity contribution is -0.122. The van der Waals surface area contributed by atoms with Crippen molar-refractivity contribution in [3.05, 3.63) is 54.1 Å².